The number of hydrogen-bond donors (Lipinski definition) is 1. The molecule has 2 saturated heterocycles. The summed E-state index contributed by atoms with van der Waals surface area (Å²) in [6.07, 6.45) is 2.69. The highest BCUT2D eigenvalue weighted by atomic mass is 32.2. The quantitative estimate of drug-likeness (QED) is 0.603. The number of aliphatic imine (C=N–C) groups is 1. The van der Waals surface area contributed by atoms with Crippen LogP contribution in [0, 0.1) is 5.92 Å². The van der Waals surface area contributed by atoms with Gasteiger partial charge in [-0.2, -0.15) is 23.5 Å². The second-order valence-electron chi connectivity index (χ2n) is 4.38. The zero-order valence-corrected chi connectivity index (χ0v) is 11.4. The molecule has 16 heavy (non-hydrogen) atoms. The van der Waals surface area contributed by atoms with E-state index >= 15 is 0 Å². The van der Waals surface area contributed by atoms with Crippen LogP contribution in [0.5, 0.6) is 0 Å². The molecule has 0 aromatic heterocycles. The van der Waals surface area contributed by atoms with Gasteiger partial charge in [0.25, 0.3) is 0 Å². The van der Waals surface area contributed by atoms with E-state index in [1.165, 1.54) is 35.9 Å². The van der Waals surface area contributed by atoms with E-state index in [1.54, 1.807) is 0 Å². The summed E-state index contributed by atoms with van der Waals surface area (Å²) in [6.45, 7) is 3.07. The van der Waals surface area contributed by atoms with E-state index < -0.39 is 0 Å². The summed E-state index contributed by atoms with van der Waals surface area (Å²) in [5.74, 6) is 6.52. The minimum Gasteiger partial charge on any atom is -0.370 e. The fourth-order valence-electron chi connectivity index (χ4n) is 2.07. The summed E-state index contributed by atoms with van der Waals surface area (Å²) >= 11 is 4.07. The van der Waals surface area contributed by atoms with Crippen molar-refractivity contribution in [2.45, 2.75) is 12.8 Å². The predicted molar refractivity (Wildman–Crippen MR) is 75.4 cm³/mol. The third-order valence-corrected chi connectivity index (χ3v) is 5.33. The Balaban J connectivity index is 1.76. The highest BCUT2D eigenvalue weighted by Gasteiger charge is 2.15. The molecule has 0 radical (unpaired) electrons. The summed E-state index contributed by atoms with van der Waals surface area (Å²) in [5.41, 5.74) is 6.03. The van der Waals surface area contributed by atoms with Gasteiger partial charge < -0.3 is 10.6 Å². The lowest BCUT2D eigenvalue weighted by Crippen LogP contribution is -2.43. The molecule has 1 unspecified atom stereocenters. The van der Waals surface area contributed by atoms with Crippen molar-refractivity contribution in [1.29, 1.82) is 0 Å². The van der Waals surface area contributed by atoms with E-state index in [1.807, 2.05) is 11.8 Å². The van der Waals surface area contributed by atoms with Crippen LogP contribution >= 0.6 is 23.5 Å². The molecule has 0 aromatic carbocycles. The second-order valence-corrected chi connectivity index (χ2v) is 6.76. The number of guanidine groups is 1. The van der Waals surface area contributed by atoms with Gasteiger partial charge >= 0.3 is 0 Å². The van der Waals surface area contributed by atoms with Gasteiger partial charge in [-0.05, 0) is 30.3 Å². The number of rotatable bonds is 2. The highest BCUT2D eigenvalue weighted by molar-refractivity contribution is 7.99. The minimum atomic E-state index is 0.761. The summed E-state index contributed by atoms with van der Waals surface area (Å²) in [5, 5.41) is 0. The molecule has 92 valence electrons. The van der Waals surface area contributed by atoms with Crippen LogP contribution in [-0.2, 0) is 0 Å². The van der Waals surface area contributed by atoms with E-state index in [9.17, 15) is 0 Å². The average Bonchev–Trinajstić information content (AvgIpc) is 2.38. The number of hydrogen-bond acceptors (Lipinski definition) is 3. The Morgan fingerprint density at radius 1 is 1.25 bits per heavy atom. The lowest BCUT2D eigenvalue weighted by atomic mass is 10.1. The molecule has 3 nitrogen and oxygen atoms in total. The van der Waals surface area contributed by atoms with Gasteiger partial charge in [0, 0.05) is 31.1 Å². The van der Waals surface area contributed by atoms with Crippen molar-refractivity contribution in [1.82, 2.24) is 4.90 Å². The van der Waals surface area contributed by atoms with Crippen molar-refractivity contribution in [3.05, 3.63) is 0 Å². The topological polar surface area (TPSA) is 41.6 Å². The van der Waals surface area contributed by atoms with Crippen LogP contribution in [0.25, 0.3) is 0 Å². The maximum absolute atomic E-state index is 6.03. The molecule has 2 heterocycles. The highest BCUT2D eigenvalue weighted by Crippen LogP contribution is 2.22. The smallest absolute Gasteiger partial charge is 0.191 e. The van der Waals surface area contributed by atoms with Gasteiger partial charge in [-0.25, -0.2) is 0 Å². The van der Waals surface area contributed by atoms with Crippen molar-refractivity contribution in [2.24, 2.45) is 16.6 Å². The van der Waals surface area contributed by atoms with Crippen LogP contribution in [0.1, 0.15) is 12.8 Å². The Kier molecular flexibility index (Phi) is 5.16. The Bertz CT molecular complexity index is 233. The van der Waals surface area contributed by atoms with Crippen LogP contribution < -0.4 is 5.73 Å². The monoisotopic (exact) mass is 259 g/mol. The number of thioether (sulfide) groups is 2. The molecule has 2 N–H and O–H groups in total. The Morgan fingerprint density at radius 2 is 2.06 bits per heavy atom. The fraction of sp³-hybridized carbons (Fsp3) is 0.909. The van der Waals surface area contributed by atoms with Crippen molar-refractivity contribution in [3.63, 3.8) is 0 Å². The summed E-state index contributed by atoms with van der Waals surface area (Å²) in [6, 6.07) is 0. The summed E-state index contributed by atoms with van der Waals surface area (Å²) in [4.78, 5) is 6.80. The van der Waals surface area contributed by atoms with Gasteiger partial charge in [0.05, 0.1) is 0 Å². The standard InChI is InChI=1S/C11H21N3S2/c12-11(14-3-6-15-7-4-14)13-8-10-2-1-5-16-9-10/h10H,1-9H2,(H2,12,13). The lowest BCUT2D eigenvalue weighted by molar-refractivity contribution is 0.450. The van der Waals surface area contributed by atoms with E-state index in [2.05, 4.69) is 21.7 Å². The molecule has 0 amide bonds. The Hall–Kier alpha value is -0.0300. The van der Waals surface area contributed by atoms with Gasteiger partial charge in [0.1, 0.15) is 0 Å². The lowest BCUT2D eigenvalue weighted by Gasteiger charge is -2.28. The van der Waals surface area contributed by atoms with Crippen molar-refractivity contribution in [2.75, 3.05) is 42.6 Å². The third-order valence-electron chi connectivity index (χ3n) is 3.10. The molecule has 5 heteroatoms. The molecular weight excluding hydrogens is 238 g/mol. The van der Waals surface area contributed by atoms with Crippen LogP contribution in [0.2, 0.25) is 0 Å². The maximum Gasteiger partial charge on any atom is 0.191 e. The predicted octanol–water partition coefficient (Wildman–Crippen LogP) is 1.49. The molecule has 2 aliphatic rings. The van der Waals surface area contributed by atoms with Crippen LogP contribution in [-0.4, -0.2) is 53.5 Å². The minimum absolute atomic E-state index is 0.761. The van der Waals surface area contributed by atoms with Gasteiger partial charge in [-0.1, -0.05) is 0 Å². The van der Waals surface area contributed by atoms with Crippen LogP contribution in [0.4, 0.5) is 0 Å². The first-order valence-electron chi connectivity index (χ1n) is 6.06. The summed E-state index contributed by atoms with van der Waals surface area (Å²) in [7, 11) is 0. The van der Waals surface area contributed by atoms with Crippen molar-refractivity contribution in [3.8, 4) is 0 Å². The molecule has 2 rings (SSSR count). The Morgan fingerprint density at radius 3 is 2.75 bits per heavy atom. The first-order valence-corrected chi connectivity index (χ1v) is 8.37. The van der Waals surface area contributed by atoms with E-state index in [0.29, 0.717) is 0 Å². The number of nitrogens with two attached hydrogens (primary N) is 1. The molecule has 0 aliphatic carbocycles. The normalized spacial score (nSPS) is 28.1. The van der Waals surface area contributed by atoms with Gasteiger partial charge in [-0.15, -0.1) is 0 Å². The van der Waals surface area contributed by atoms with Crippen LogP contribution in [0.15, 0.2) is 4.99 Å². The molecule has 2 fully saturated rings. The van der Waals surface area contributed by atoms with Crippen LogP contribution in [0.3, 0.4) is 0 Å². The first kappa shape index (κ1) is 12.4. The fourth-order valence-corrected chi connectivity index (χ4v) is 4.11. The van der Waals surface area contributed by atoms with Gasteiger partial charge in [0.2, 0.25) is 0 Å². The van der Waals surface area contributed by atoms with E-state index in [4.69, 9.17) is 5.73 Å². The summed E-state index contributed by atoms with van der Waals surface area (Å²) < 4.78 is 0. The largest absolute Gasteiger partial charge is 0.370 e. The van der Waals surface area contributed by atoms with Gasteiger partial charge in [0.15, 0.2) is 5.96 Å². The molecule has 0 aromatic rings. The molecule has 2 aliphatic heterocycles. The third kappa shape index (κ3) is 3.77. The molecule has 0 bridgehead atoms. The zero-order chi connectivity index (χ0) is 11.2. The molecular formula is C11H21N3S2. The molecule has 0 saturated carbocycles. The van der Waals surface area contributed by atoms with Crippen molar-refractivity contribution < 1.29 is 0 Å². The maximum atomic E-state index is 6.03. The van der Waals surface area contributed by atoms with Gasteiger partial charge in [-0.3, -0.25) is 4.99 Å². The Labute approximate surface area is 107 Å². The zero-order valence-electron chi connectivity index (χ0n) is 9.73. The SMILES string of the molecule is NC(=NCC1CCCSC1)N1CCSCC1. The number of nitrogens with zero attached hydrogens (tertiary/aromatic N) is 2. The second kappa shape index (κ2) is 6.64. The molecule has 1 atom stereocenters. The average molecular weight is 259 g/mol. The first-order chi connectivity index (χ1) is 7.86. The molecule has 0 spiro atoms. The van der Waals surface area contributed by atoms with E-state index in [0.717, 1.165) is 31.5 Å². The van der Waals surface area contributed by atoms with E-state index in [-0.39, 0.29) is 0 Å². The van der Waals surface area contributed by atoms with Crippen molar-refractivity contribution >= 4 is 29.5 Å².